The van der Waals surface area contributed by atoms with E-state index in [2.05, 4.69) is 4.98 Å². The molecule has 1 fully saturated rings. The van der Waals surface area contributed by atoms with Gasteiger partial charge in [0.25, 0.3) is 5.91 Å². The molecule has 6 heteroatoms. The number of carbonyl (C=O) groups is 2. The second-order valence-electron chi connectivity index (χ2n) is 4.36. The van der Waals surface area contributed by atoms with Gasteiger partial charge in [0.1, 0.15) is 5.15 Å². The lowest BCUT2D eigenvalue weighted by atomic mass is 9.97. The van der Waals surface area contributed by atoms with Crippen molar-refractivity contribution in [1.82, 2.24) is 9.88 Å². The van der Waals surface area contributed by atoms with Crippen LogP contribution in [-0.4, -0.2) is 34.8 Å². The summed E-state index contributed by atoms with van der Waals surface area (Å²) in [6.07, 6.45) is 2.98. The van der Waals surface area contributed by atoms with Crippen molar-refractivity contribution in [2.45, 2.75) is 12.8 Å². The van der Waals surface area contributed by atoms with Gasteiger partial charge in [0.05, 0.1) is 11.5 Å². The molecule has 0 saturated carbocycles. The van der Waals surface area contributed by atoms with Crippen LogP contribution in [0.1, 0.15) is 23.2 Å². The average Bonchev–Trinajstić information content (AvgIpc) is 2.39. The number of primary amides is 1. The average molecular weight is 268 g/mol. The third-order valence-electron chi connectivity index (χ3n) is 3.09. The fourth-order valence-corrected chi connectivity index (χ4v) is 2.19. The fraction of sp³-hybridized carbons (Fsp3) is 0.417. The van der Waals surface area contributed by atoms with Crippen LogP contribution in [0, 0.1) is 5.92 Å². The van der Waals surface area contributed by atoms with E-state index in [1.165, 1.54) is 6.20 Å². The molecule has 2 N–H and O–H groups in total. The van der Waals surface area contributed by atoms with Gasteiger partial charge in [-0.15, -0.1) is 0 Å². The maximum atomic E-state index is 12.2. The zero-order valence-corrected chi connectivity index (χ0v) is 10.6. The first-order chi connectivity index (χ1) is 8.58. The SMILES string of the molecule is NC(=O)C1CCCN(C(=O)c2ccc(Cl)nc2)C1. The normalized spacial score (nSPS) is 19.6. The number of aromatic nitrogens is 1. The van der Waals surface area contributed by atoms with Crippen molar-refractivity contribution in [2.75, 3.05) is 13.1 Å². The topological polar surface area (TPSA) is 76.3 Å². The zero-order valence-electron chi connectivity index (χ0n) is 9.80. The van der Waals surface area contributed by atoms with Gasteiger partial charge in [-0.3, -0.25) is 9.59 Å². The largest absolute Gasteiger partial charge is 0.369 e. The second kappa shape index (κ2) is 5.35. The van der Waals surface area contributed by atoms with Crippen molar-refractivity contribution >= 4 is 23.4 Å². The molecule has 2 heterocycles. The van der Waals surface area contributed by atoms with Crippen LogP contribution in [0.5, 0.6) is 0 Å². The minimum Gasteiger partial charge on any atom is -0.369 e. The van der Waals surface area contributed by atoms with E-state index in [0.29, 0.717) is 23.8 Å². The smallest absolute Gasteiger partial charge is 0.255 e. The van der Waals surface area contributed by atoms with E-state index in [1.807, 2.05) is 0 Å². The first-order valence-corrected chi connectivity index (χ1v) is 6.16. The molecule has 0 spiro atoms. The second-order valence-corrected chi connectivity index (χ2v) is 4.75. The summed E-state index contributed by atoms with van der Waals surface area (Å²) in [6, 6.07) is 3.20. The Labute approximate surface area is 110 Å². The predicted octanol–water partition coefficient (Wildman–Crippen LogP) is 1.07. The van der Waals surface area contributed by atoms with Gasteiger partial charge in [-0.1, -0.05) is 11.6 Å². The molecule has 1 unspecified atom stereocenters. The first kappa shape index (κ1) is 12.8. The Morgan fingerprint density at radius 3 is 2.83 bits per heavy atom. The van der Waals surface area contributed by atoms with Crippen molar-refractivity contribution < 1.29 is 9.59 Å². The summed E-state index contributed by atoms with van der Waals surface area (Å²) in [5.41, 5.74) is 5.76. The van der Waals surface area contributed by atoms with Crippen molar-refractivity contribution in [2.24, 2.45) is 11.7 Å². The molecule has 1 saturated heterocycles. The van der Waals surface area contributed by atoms with E-state index in [4.69, 9.17) is 17.3 Å². The molecule has 0 bridgehead atoms. The molecule has 18 heavy (non-hydrogen) atoms. The van der Waals surface area contributed by atoms with Gasteiger partial charge in [-0.25, -0.2) is 4.98 Å². The maximum Gasteiger partial charge on any atom is 0.255 e. The Balaban J connectivity index is 2.09. The highest BCUT2D eigenvalue weighted by Crippen LogP contribution is 2.18. The highest BCUT2D eigenvalue weighted by Gasteiger charge is 2.27. The number of hydrogen-bond donors (Lipinski definition) is 1. The predicted molar refractivity (Wildman–Crippen MR) is 67.1 cm³/mol. The lowest BCUT2D eigenvalue weighted by Gasteiger charge is -2.31. The number of amides is 2. The summed E-state index contributed by atoms with van der Waals surface area (Å²) in [5, 5.41) is 0.347. The molecule has 1 aromatic heterocycles. The minimum atomic E-state index is -0.346. The molecule has 0 aromatic carbocycles. The molecule has 2 amide bonds. The van der Waals surface area contributed by atoms with Gasteiger partial charge in [0.2, 0.25) is 5.91 Å². The van der Waals surface area contributed by atoms with Gasteiger partial charge in [0, 0.05) is 19.3 Å². The van der Waals surface area contributed by atoms with Crippen LogP contribution in [0.25, 0.3) is 0 Å². The van der Waals surface area contributed by atoms with Crippen LogP contribution >= 0.6 is 11.6 Å². The molecule has 96 valence electrons. The number of likely N-dealkylation sites (tertiary alicyclic amines) is 1. The van der Waals surface area contributed by atoms with E-state index in [9.17, 15) is 9.59 Å². The standard InChI is InChI=1S/C12H14ClN3O2/c13-10-4-3-8(6-15-10)12(18)16-5-1-2-9(7-16)11(14)17/h3-4,6,9H,1-2,5,7H2,(H2,14,17). The number of pyridine rings is 1. The molecule has 1 aliphatic heterocycles. The van der Waals surface area contributed by atoms with E-state index < -0.39 is 0 Å². The van der Waals surface area contributed by atoms with Crippen molar-refractivity contribution in [1.29, 1.82) is 0 Å². The third kappa shape index (κ3) is 2.79. The van der Waals surface area contributed by atoms with Crippen molar-refractivity contribution in [3.63, 3.8) is 0 Å². The van der Waals surface area contributed by atoms with Crippen LogP contribution in [0.4, 0.5) is 0 Å². The highest BCUT2D eigenvalue weighted by atomic mass is 35.5. The Hall–Kier alpha value is -1.62. The van der Waals surface area contributed by atoms with E-state index in [0.717, 1.165) is 12.8 Å². The van der Waals surface area contributed by atoms with Crippen LogP contribution in [0.15, 0.2) is 18.3 Å². The molecule has 1 aromatic rings. The molecule has 5 nitrogen and oxygen atoms in total. The quantitative estimate of drug-likeness (QED) is 0.815. The summed E-state index contributed by atoms with van der Waals surface area (Å²) in [7, 11) is 0. The third-order valence-corrected chi connectivity index (χ3v) is 3.31. The summed E-state index contributed by atoms with van der Waals surface area (Å²) < 4.78 is 0. The number of nitrogens with zero attached hydrogens (tertiary/aromatic N) is 2. The molecular weight excluding hydrogens is 254 g/mol. The van der Waals surface area contributed by atoms with E-state index in [-0.39, 0.29) is 17.7 Å². The molecule has 2 rings (SSSR count). The minimum absolute atomic E-state index is 0.134. The fourth-order valence-electron chi connectivity index (χ4n) is 2.08. The number of carbonyl (C=O) groups excluding carboxylic acids is 2. The summed E-state index contributed by atoms with van der Waals surface area (Å²) in [6.45, 7) is 1.03. The van der Waals surface area contributed by atoms with Crippen molar-refractivity contribution in [3.05, 3.63) is 29.0 Å². The monoisotopic (exact) mass is 267 g/mol. The van der Waals surface area contributed by atoms with E-state index >= 15 is 0 Å². The zero-order chi connectivity index (χ0) is 13.1. The molecule has 1 aliphatic rings. The van der Waals surface area contributed by atoms with Crippen LogP contribution in [0.2, 0.25) is 5.15 Å². The summed E-state index contributed by atoms with van der Waals surface area (Å²) in [4.78, 5) is 28.8. The number of rotatable bonds is 2. The van der Waals surface area contributed by atoms with Gasteiger partial charge in [0.15, 0.2) is 0 Å². The van der Waals surface area contributed by atoms with Gasteiger partial charge >= 0.3 is 0 Å². The first-order valence-electron chi connectivity index (χ1n) is 5.78. The molecule has 0 aliphatic carbocycles. The van der Waals surface area contributed by atoms with E-state index in [1.54, 1.807) is 17.0 Å². The number of nitrogens with two attached hydrogens (primary N) is 1. The molecular formula is C12H14ClN3O2. The Kier molecular flexibility index (Phi) is 3.81. The number of piperidine rings is 1. The number of halogens is 1. The van der Waals surface area contributed by atoms with Gasteiger partial charge in [-0.2, -0.15) is 0 Å². The lowest BCUT2D eigenvalue weighted by Crippen LogP contribution is -2.44. The highest BCUT2D eigenvalue weighted by molar-refractivity contribution is 6.29. The Morgan fingerprint density at radius 2 is 2.22 bits per heavy atom. The molecule has 1 atom stereocenters. The Bertz CT molecular complexity index is 461. The summed E-state index contributed by atoms with van der Waals surface area (Å²) in [5.74, 6) is -0.727. The van der Waals surface area contributed by atoms with Crippen LogP contribution in [0.3, 0.4) is 0 Å². The maximum absolute atomic E-state index is 12.2. The van der Waals surface area contributed by atoms with Crippen molar-refractivity contribution in [3.8, 4) is 0 Å². The lowest BCUT2D eigenvalue weighted by molar-refractivity contribution is -0.123. The van der Waals surface area contributed by atoms with Crippen LogP contribution < -0.4 is 5.73 Å². The van der Waals surface area contributed by atoms with Gasteiger partial charge < -0.3 is 10.6 Å². The van der Waals surface area contributed by atoms with Gasteiger partial charge in [-0.05, 0) is 25.0 Å². The molecule has 0 radical (unpaired) electrons. The van der Waals surface area contributed by atoms with Crippen LogP contribution in [-0.2, 0) is 4.79 Å². The summed E-state index contributed by atoms with van der Waals surface area (Å²) >= 11 is 5.67. The number of hydrogen-bond acceptors (Lipinski definition) is 3. The Morgan fingerprint density at radius 1 is 1.44 bits per heavy atom.